The van der Waals surface area contributed by atoms with Crippen LogP contribution < -0.4 is 4.74 Å². The molecular formula is C13H9BrCl2O. The third kappa shape index (κ3) is 3.63. The zero-order valence-electron chi connectivity index (χ0n) is 8.79. The van der Waals surface area contributed by atoms with Gasteiger partial charge in [-0.3, -0.25) is 0 Å². The quantitative estimate of drug-likeness (QED) is 0.738. The van der Waals surface area contributed by atoms with E-state index in [4.69, 9.17) is 27.9 Å². The molecule has 0 amide bonds. The fraction of sp³-hybridized carbons (Fsp3) is 0.0769. The van der Waals surface area contributed by atoms with Crippen molar-refractivity contribution in [3.63, 3.8) is 0 Å². The lowest BCUT2D eigenvalue weighted by Gasteiger charge is -2.08. The van der Waals surface area contributed by atoms with E-state index in [0.29, 0.717) is 22.4 Å². The Balaban J connectivity index is 2.04. The van der Waals surface area contributed by atoms with Gasteiger partial charge >= 0.3 is 0 Å². The van der Waals surface area contributed by atoms with Crippen LogP contribution in [0.2, 0.25) is 10.0 Å². The molecule has 88 valence electrons. The van der Waals surface area contributed by atoms with Crippen molar-refractivity contribution in [2.75, 3.05) is 0 Å². The minimum Gasteiger partial charge on any atom is -0.487 e. The zero-order valence-corrected chi connectivity index (χ0v) is 11.9. The van der Waals surface area contributed by atoms with Crippen LogP contribution in [0.5, 0.6) is 5.75 Å². The molecule has 0 bridgehead atoms. The van der Waals surface area contributed by atoms with Crippen LogP contribution in [0.1, 0.15) is 5.56 Å². The first-order valence-corrected chi connectivity index (χ1v) is 6.52. The number of hydrogen-bond acceptors (Lipinski definition) is 1. The molecule has 2 aromatic carbocycles. The summed E-state index contributed by atoms with van der Waals surface area (Å²) in [7, 11) is 0. The normalized spacial score (nSPS) is 10.3. The van der Waals surface area contributed by atoms with Crippen LogP contribution in [0.3, 0.4) is 0 Å². The Kier molecular flexibility index (Phi) is 4.32. The first-order valence-electron chi connectivity index (χ1n) is 4.97. The molecule has 0 aliphatic heterocycles. The number of benzene rings is 2. The lowest BCUT2D eigenvalue weighted by atomic mass is 10.2. The van der Waals surface area contributed by atoms with Crippen LogP contribution >= 0.6 is 39.1 Å². The summed E-state index contributed by atoms with van der Waals surface area (Å²) >= 11 is 15.2. The number of halogens is 3. The van der Waals surface area contributed by atoms with Gasteiger partial charge in [-0.15, -0.1) is 0 Å². The molecule has 0 aromatic heterocycles. The minimum absolute atomic E-state index is 0.481. The van der Waals surface area contributed by atoms with E-state index in [9.17, 15) is 0 Å². The second kappa shape index (κ2) is 5.76. The molecule has 17 heavy (non-hydrogen) atoms. The summed E-state index contributed by atoms with van der Waals surface area (Å²) in [5.74, 6) is 0.638. The molecule has 0 saturated heterocycles. The van der Waals surface area contributed by atoms with Gasteiger partial charge in [0.1, 0.15) is 12.4 Å². The molecular weight excluding hydrogens is 323 g/mol. The molecule has 0 aliphatic rings. The predicted octanol–water partition coefficient (Wildman–Crippen LogP) is 5.33. The van der Waals surface area contributed by atoms with E-state index in [1.807, 2.05) is 24.3 Å². The lowest BCUT2D eigenvalue weighted by Crippen LogP contribution is -1.95. The smallest absolute Gasteiger partial charge is 0.138 e. The van der Waals surface area contributed by atoms with Crippen LogP contribution in [0.25, 0.3) is 0 Å². The molecule has 1 nitrogen and oxygen atoms in total. The van der Waals surface area contributed by atoms with E-state index in [2.05, 4.69) is 15.9 Å². The van der Waals surface area contributed by atoms with Gasteiger partial charge in [-0.1, -0.05) is 51.3 Å². The number of ether oxygens (including phenoxy) is 1. The fourth-order valence-corrected chi connectivity index (χ4v) is 2.06. The molecule has 0 heterocycles. The largest absolute Gasteiger partial charge is 0.487 e. The molecule has 0 unspecified atom stereocenters. The van der Waals surface area contributed by atoms with Crippen molar-refractivity contribution in [3.8, 4) is 5.75 Å². The Bertz CT molecular complexity index is 511. The van der Waals surface area contributed by atoms with E-state index < -0.39 is 0 Å². The third-order valence-electron chi connectivity index (χ3n) is 2.20. The molecule has 0 aliphatic carbocycles. The van der Waals surface area contributed by atoms with E-state index >= 15 is 0 Å². The summed E-state index contributed by atoms with van der Waals surface area (Å²) in [6.07, 6.45) is 0. The maximum Gasteiger partial charge on any atom is 0.138 e. The van der Waals surface area contributed by atoms with E-state index in [1.165, 1.54) is 0 Å². The standard InChI is InChI=1S/C13H9BrCl2O/c14-10-3-1-9(2-4-10)8-17-13-6-5-11(15)7-12(13)16/h1-7H,8H2. The van der Waals surface area contributed by atoms with Gasteiger partial charge in [0.25, 0.3) is 0 Å². The highest BCUT2D eigenvalue weighted by molar-refractivity contribution is 9.10. The average molecular weight is 332 g/mol. The van der Waals surface area contributed by atoms with Crippen LogP contribution in [0.15, 0.2) is 46.9 Å². The lowest BCUT2D eigenvalue weighted by molar-refractivity contribution is 0.306. The Morgan fingerprint density at radius 1 is 1.00 bits per heavy atom. The molecule has 0 atom stereocenters. The van der Waals surface area contributed by atoms with Crippen molar-refractivity contribution in [2.24, 2.45) is 0 Å². The van der Waals surface area contributed by atoms with Gasteiger partial charge in [0, 0.05) is 9.50 Å². The summed E-state index contributed by atoms with van der Waals surface area (Å²) in [5, 5.41) is 1.13. The second-order valence-electron chi connectivity index (χ2n) is 3.49. The fourth-order valence-electron chi connectivity index (χ4n) is 1.33. The highest BCUT2D eigenvalue weighted by Crippen LogP contribution is 2.28. The van der Waals surface area contributed by atoms with Gasteiger partial charge in [-0.2, -0.15) is 0 Å². The Labute approximate surface area is 118 Å². The third-order valence-corrected chi connectivity index (χ3v) is 3.26. The predicted molar refractivity (Wildman–Crippen MR) is 74.9 cm³/mol. The molecule has 2 rings (SSSR count). The summed E-state index contributed by atoms with van der Waals surface area (Å²) in [6.45, 7) is 0.481. The maximum absolute atomic E-state index is 6.00. The number of rotatable bonds is 3. The van der Waals surface area contributed by atoms with Crippen molar-refractivity contribution in [1.29, 1.82) is 0 Å². The van der Waals surface area contributed by atoms with Crippen molar-refractivity contribution in [1.82, 2.24) is 0 Å². The topological polar surface area (TPSA) is 9.23 Å². The average Bonchev–Trinajstić information content (AvgIpc) is 2.30. The summed E-state index contributed by atoms with van der Waals surface area (Å²) in [5.41, 5.74) is 1.08. The molecule has 4 heteroatoms. The van der Waals surface area contributed by atoms with Gasteiger partial charge in [-0.25, -0.2) is 0 Å². The van der Waals surface area contributed by atoms with Crippen molar-refractivity contribution < 1.29 is 4.74 Å². The van der Waals surface area contributed by atoms with Crippen molar-refractivity contribution in [3.05, 3.63) is 62.5 Å². The molecule has 0 N–H and O–H groups in total. The molecule has 2 aromatic rings. The molecule has 0 saturated carbocycles. The Morgan fingerprint density at radius 2 is 1.71 bits per heavy atom. The van der Waals surface area contributed by atoms with E-state index in [1.54, 1.807) is 18.2 Å². The highest BCUT2D eigenvalue weighted by atomic mass is 79.9. The van der Waals surface area contributed by atoms with Gasteiger partial charge in [0.05, 0.1) is 5.02 Å². The Hall–Kier alpha value is -0.700. The first-order chi connectivity index (χ1) is 8.15. The van der Waals surface area contributed by atoms with Gasteiger partial charge < -0.3 is 4.74 Å². The molecule has 0 radical (unpaired) electrons. The van der Waals surface area contributed by atoms with Gasteiger partial charge in [0.15, 0.2) is 0 Å². The SMILES string of the molecule is Clc1ccc(OCc2ccc(Br)cc2)c(Cl)c1. The van der Waals surface area contributed by atoms with Crippen LogP contribution in [-0.4, -0.2) is 0 Å². The van der Waals surface area contributed by atoms with E-state index in [0.717, 1.165) is 10.0 Å². The monoisotopic (exact) mass is 330 g/mol. The maximum atomic E-state index is 6.00. The molecule has 0 spiro atoms. The summed E-state index contributed by atoms with van der Waals surface area (Å²) in [6, 6.07) is 13.1. The summed E-state index contributed by atoms with van der Waals surface area (Å²) in [4.78, 5) is 0. The van der Waals surface area contributed by atoms with Crippen molar-refractivity contribution >= 4 is 39.1 Å². The van der Waals surface area contributed by atoms with Crippen LogP contribution in [0.4, 0.5) is 0 Å². The first kappa shape index (κ1) is 12.7. The van der Waals surface area contributed by atoms with Crippen LogP contribution in [-0.2, 0) is 6.61 Å². The Morgan fingerprint density at radius 3 is 2.35 bits per heavy atom. The van der Waals surface area contributed by atoms with E-state index in [-0.39, 0.29) is 0 Å². The highest BCUT2D eigenvalue weighted by Gasteiger charge is 2.02. The number of hydrogen-bond donors (Lipinski definition) is 0. The van der Waals surface area contributed by atoms with Gasteiger partial charge in [-0.05, 0) is 35.9 Å². The van der Waals surface area contributed by atoms with Crippen LogP contribution in [0, 0.1) is 0 Å². The van der Waals surface area contributed by atoms with Crippen molar-refractivity contribution in [2.45, 2.75) is 6.61 Å². The minimum atomic E-state index is 0.481. The van der Waals surface area contributed by atoms with Gasteiger partial charge in [0.2, 0.25) is 0 Å². The summed E-state index contributed by atoms with van der Waals surface area (Å²) < 4.78 is 6.66. The molecule has 0 fully saturated rings. The second-order valence-corrected chi connectivity index (χ2v) is 5.25. The zero-order chi connectivity index (χ0) is 12.3.